The molecule has 3 rings (SSSR count). The molecule has 3 aromatic rings. The van der Waals surface area contributed by atoms with Crippen molar-refractivity contribution >= 4 is 27.6 Å². The number of benzene rings is 3. The number of ether oxygens (including phenoxy) is 1. The minimum Gasteiger partial charge on any atom is -0.488 e. The largest absolute Gasteiger partial charge is 0.488 e. The molecule has 134 valence electrons. The highest BCUT2D eigenvalue weighted by molar-refractivity contribution is 9.10. The lowest BCUT2D eigenvalue weighted by molar-refractivity contribution is 0.304. The Labute approximate surface area is 164 Å². The molecule has 0 aliphatic carbocycles. The van der Waals surface area contributed by atoms with E-state index in [0.29, 0.717) is 16.8 Å². The van der Waals surface area contributed by atoms with Gasteiger partial charge in [0.2, 0.25) is 0 Å². The number of rotatable bonds is 5. The molecule has 0 atom stereocenters. The summed E-state index contributed by atoms with van der Waals surface area (Å²) in [6.45, 7) is 0.298. The number of allylic oxidation sites excluding steroid dienone is 1. The van der Waals surface area contributed by atoms with Gasteiger partial charge in [-0.25, -0.2) is 8.78 Å². The molecule has 0 saturated heterocycles. The smallest absolute Gasteiger partial charge is 0.134 e. The van der Waals surface area contributed by atoms with Crippen molar-refractivity contribution in [2.45, 2.75) is 6.61 Å². The topological polar surface area (TPSA) is 33.0 Å². The van der Waals surface area contributed by atoms with Crippen molar-refractivity contribution in [3.05, 3.63) is 99.5 Å². The molecular weight excluding hydrogens is 412 g/mol. The fourth-order valence-corrected chi connectivity index (χ4v) is 2.99. The summed E-state index contributed by atoms with van der Waals surface area (Å²) in [5.41, 5.74) is 2.07. The van der Waals surface area contributed by atoms with E-state index < -0.39 is 5.82 Å². The molecule has 0 heterocycles. The molecule has 3 aromatic carbocycles. The van der Waals surface area contributed by atoms with Crippen LogP contribution in [0.1, 0.15) is 16.7 Å². The van der Waals surface area contributed by atoms with Crippen LogP contribution in [0.25, 0.3) is 11.6 Å². The van der Waals surface area contributed by atoms with Crippen LogP contribution >= 0.6 is 15.9 Å². The van der Waals surface area contributed by atoms with Crippen LogP contribution in [-0.2, 0) is 6.61 Å². The van der Waals surface area contributed by atoms with E-state index in [1.165, 1.54) is 18.2 Å². The van der Waals surface area contributed by atoms with Gasteiger partial charge in [0.05, 0.1) is 16.1 Å². The maximum absolute atomic E-state index is 13.9. The van der Waals surface area contributed by atoms with Crippen molar-refractivity contribution in [3.8, 4) is 11.8 Å². The van der Waals surface area contributed by atoms with Crippen molar-refractivity contribution in [2.75, 3.05) is 0 Å². The van der Waals surface area contributed by atoms with E-state index in [9.17, 15) is 14.0 Å². The number of halogens is 3. The van der Waals surface area contributed by atoms with Crippen LogP contribution < -0.4 is 4.74 Å². The van der Waals surface area contributed by atoms with Gasteiger partial charge in [-0.1, -0.05) is 36.4 Å². The zero-order valence-corrected chi connectivity index (χ0v) is 15.7. The first kappa shape index (κ1) is 18.8. The molecule has 0 unspecified atom stereocenters. The van der Waals surface area contributed by atoms with Crippen molar-refractivity contribution in [1.29, 1.82) is 5.26 Å². The van der Waals surface area contributed by atoms with Crippen LogP contribution in [0.3, 0.4) is 0 Å². The Morgan fingerprint density at radius 1 is 1.04 bits per heavy atom. The molecule has 0 bridgehead atoms. The average Bonchev–Trinajstić information content (AvgIpc) is 2.67. The highest BCUT2D eigenvalue weighted by Crippen LogP contribution is 2.29. The Hall–Kier alpha value is -2.97. The summed E-state index contributed by atoms with van der Waals surface area (Å²) in [5, 5.41) is 9.37. The zero-order chi connectivity index (χ0) is 19.2. The molecule has 2 nitrogen and oxygen atoms in total. The van der Waals surface area contributed by atoms with Crippen LogP contribution in [0.5, 0.6) is 5.75 Å². The van der Waals surface area contributed by atoms with Gasteiger partial charge in [-0.2, -0.15) is 5.26 Å². The third kappa shape index (κ3) is 4.81. The molecule has 0 aliphatic heterocycles. The third-order valence-electron chi connectivity index (χ3n) is 3.86. The Balaban J connectivity index is 1.78. The maximum atomic E-state index is 13.9. The van der Waals surface area contributed by atoms with Gasteiger partial charge in [0, 0.05) is 5.56 Å². The lowest BCUT2D eigenvalue weighted by Gasteiger charge is -2.09. The maximum Gasteiger partial charge on any atom is 0.134 e. The summed E-state index contributed by atoms with van der Waals surface area (Å²) < 4.78 is 33.3. The number of hydrogen-bond acceptors (Lipinski definition) is 2. The Kier molecular flexibility index (Phi) is 6.00. The van der Waals surface area contributed by atoms with Crippen LogP contribution in [-0.4, -0.2) is 0 Å². The van der Waals surface area contributed by atoms with E-state index in [4.69, 9.17) is 4.74 Å². The third-order valence-corrected chi connectivity index (χ3v) is 4.48. The lowest BCUT2D eigenvalue weighted by Crippen LogP contribution is -1.96. The molecule has 0 fully saturated rings. The highest BCUT2D eigenvalue weighted by atomic mass is 79.9. The first-order chi connectivity index (χ1) is 13.1. The van der Waals surface area contributed by atoms with E-state index in [1.807, 2.05) is 6.07 Å². The summed E-state index contributed by atoms with van der Waals surface area (Å²) in [5.74, 6) is -0.122. The fraction of sp³-hybridized carbons (Fsp3) is 0.0455. The molecule has 0 amide bonds. The fourth-order valence-electron chi connectivity index (χ4n) is 2.48. The standard InChI is InChI=1S/C22H14BrF2NO/c23-20-12-16(11-17(13-26)19-3-1-2-4-21(19)25)7-10-22(20)27-14-15-5-8-18(24)9-6-15/h1-12H,14H2/b17-11-. The van der Waals surface area contributed by atoms with E-state index >= 15 is 0 Å². The second kappa shape index (κ2) is 8.61. The molecule has 0 aliphatic rings. The number of nitriles is 1. The lowest BCUT2D eigenvalue weighted by atomic mass is 10.0. The first-order valence-electron chi connectivity index (χ1n) is 8.10. The number of nitrogens with zero attached hydrogens (tertiary/aromatic N) is 1. The van der Waals surface area contributed by atoms with Gasteiger partial charge in [-0.15, -0.1) is 0 Å². The van der Waals surface area contributed by atoms with E-state index in [1.54, 1.807) is 54.6 Å². The van der Waals surface area contributed by atoms with Gasteiger partial charge >= 0.3 is 0 Å². The second-order valence-electron chi connectivity index (χ2n) is 5.75. The molecule has 0 radical (unpaired) electrons. The predicted octanol–water partition coefficient (Wildman–Crippen LogP) is 6.37. The van der Waals surface area contributed by atoms with Crippen molar-refractivity contribution < 1.29 is 13.5 Å². The Morgan fingerprint density at radius 3 is 2.44 bits per heavy atom. The van der Waals surface area contributed by atoms with Crippen LogP contribution in [0.4, 0.5) is 8.78 Å². The first-order valence-corrected chi connectivity index (χ1v) is 8.89. The quantitative estimate of drug-likeness (QED) is 0.351. The predicted molar refractivity (Wildman–Crippen MR) is 105 cm³/mol. The molecule has 0 saturated carbocycles. The van der Waals surface area contributed by atoms with E-state index in [0.717, 1.165) is 11.1 Å². The summed E-state index contributed by atoms with van der Waals surface area (Å²) in [7, 11) is 0. The molecule has 0 aromatic heterocycles. The normalized spacial score (nSPS) is 11.1. The average molecular weight is 426 g/mol. The Morgan fingerprint density at radius 2 is 1.78 bits per heavy atom. The molecule has 0 spiro atoms. The van der Waals surface area contributed by atoms with Gasteiger partial charge in [-0.05, 0) is 63.5 Å². The highest BCUT2D eigenvalue weighted by Gasteiger charge is 2.08. The SMILES string of the molecule is N#C/C(=C/c1ccc(OCc2ccc(F)cc2)c(Br)c1)c1ccccc1F. The summed E-state index contributed by atoms with van der Waals surface area (Å²) in [6.07, 6.45) is 1.62. The number of hydrogen-bond donors (Lipinski definition) is 0. The summed E-state index contributed by atoms with van der Waals surface area (Å²) in [6, 6.07) is 19.6. The van der Waals surface area contributed by atoms with Crippen LogP contribution in [0.15, 0.2) is 71.2 Å². The molecule has 27 heavy (non-hydrogen) atoms. The van der Waals surface area contributed by atoms with Gasteiger partial charge in [0.15, 0.2) is 0 Å². The van der Waals surface area contributed by atoms with Gasteiger partial charge in [0.1, 0.15) is 24.0 Å². The summed E-state index contributed by atoms with van der Waals surface area (Å²) >= 11 is 3.44. The Bertz CT molecular complexity index is 1020. The second-order valence-corrected chi connectivity index (χ2v) is 6.61. The van der Waals surface area contributed by atoms with Gasteiger partial charge < -0.3 is 4.74 Å². The zero-order valence-electron chi connectivity index (χ0n) is 14.1. The molecule has 0 N–H and O–H groups in total. The van der Waals surface area contributed by atoms with Crippen LogP contribution in [0.2, 0.25) is 0 Å². The van der Waals surface area contributed by atoms with Crippen LogP contribution in [0, 0.1) is 23.0 Å². The monoisotopic (exact) mass is 425 g/mol. The van der Waals surface area contributed by atoms with Gasteiger partial charge in [0.25, 0.3) is 0 Å². The van der Waals surface area contributed by atoms with Crippen molar-refractivity contribution in [2.24, 2.45) is 0 Å². The minimum atomic E-state index is -0.441. The van der Waals surface area contributed by atoms with E-state index in [-0.39, 0.29) is 17.0 Å². The van der Waals surface area contributed by atoms with Crippen molar-refractivity contribution in [1.82, 2.24) is 0 Å². The van der Waals surface area contributed by atoms with Gasteiger partial charge in [-0.3, -0.25) is 0 Å². The molecule has 5 heteroatoms. The molecular formula is C22H14BrF2NO. The van der Waals surface area contributed by atoms with Crippen molar-refractivity contribution in [3.63, 3.8) is 0 Å². The minimum absolute atomic E-state index is 0.236. The van der Waals surface area contributed by atoms with E-state index in [2.05, 4.69) is 15.9 Å². The summed E-state index contributed by atoms with van der Waals surface area (Å²) in [4.78, 5) is 0.